The second kappa shape index (κ2) is 14.0. The standard InChI is InChI=1S/C33H27N3O6/c1-2-42-28-19-12-23(13-20-28)14-21-31(37)24-15-17-27(18-16-24)34-33(39)29(35-32(38)25-8-4-3-5-9-25)22-26-10-6-7-11-30(26)36(40)41/h3-22H,2H2,1H3,(H,34,39)(H,35,38)/b21-14+,29-22-. The number of hydrogen-bond donors (Lipinski definition) is 2. The van der Waals surface area contributed by atoms with Gasteiger partial charge in [-0.2, -0.15) is 0 Å². The first-order chi connectivity index (χ1) is 20.3. The van der Waals surface area contributed by atoms with E-state index in [1.54, 1.807) is 66.7 Å². The number of nitro groups is 1. The van der Waals surface area contributed by atoms with Crippen LogP contribution >= 0.6 is 0 Å². The van der Waals surface area contributed by atoms with Gasteiger partial charge in [0.15, 0.2) is 5.78 Å². The third kappa shape index (κ3) is 7.86. The van der Waals surface area contributed by atoms with Gasteiger partial charge in [-0.05, 0) is 79.2 Å². The SMILES string of the molecule is CCOc1ccc(/C=C/C(=O)c2ccc(NC(=O)/C(=C/c3ccccc3[N+](=O)[O-])NC(=O)c3ccccc3)cc2)cc1. The fraction of sp³-hybridized carbons (Fsp3) is 0.0606. The Kier molecular flexibility index (Phi) is 9.72. The molecule has 0 aliphatic carbocycles. The zero-order valence-electron chi connectivity index (χ0n) is 22.7. The minimum absolute atomic E-state index is 0.140. The van der Waals surface area contributed by atoms with Crippen molar-refractivity contribution in [3.63, 3.8) is 0 Å². The van der Waals surface area contributed by atoms with Crippen LogP contribution < -0.4 is 15.4 Å². The zero-order chi connectivity index (χ0) is 29.9. The van der Waals surface area contributed by atoms with E-state index in [4.69, 9.17) is 4.74 Å². The number of benzene rings is 4. The third-order valence-corrected chi connectivity index (χ3v) is 6.01. The monoisotopic (exact) mass is 561 g/mol. The summed E-state index contributed by atoms with van der Waals surface area (Å²) in [6.07, 6.45) is 4.40. The summed E-state index contributed by atoms with van der Waals surface area (Å²) in [7, 11) is 0. The van der Waals surface area contributed by atoms with Crippen LogP contribution in [0.2, 0.25) is 0 Å². The van der Waals surface area contributed by atoms with Crippen molar-refractivity contribution >= 4 is 41.1 Å². The average Bonchev–Trinajstić information content (AvgIpc) is 3.01. The predicted molar refractivity (Wildman–Crippen MR) is 161 cm³/mol. The molecule has 42 heavy (non-hydrogen) atoms. The number of ether oxygens (including phenoxy) is 1. The lowest BCUT2D eigenvalue weighted by molar-refractivity contribution is -0.385. The lowest BCUT2D eigenvalue weighted by atomic mass is 10.1. The Morgan fingerprint density at radius 2 is 1.50 bits per heavy atom. The summed E-state index contributed by atoms with van der Waals surface area (Å²) in [5, 5.41) is 16.7. The van der Waals surface area contributed by atoms with Crippen LogP contribution in [-0.2, 0) is 4.79 Å². The Bertz CT molecular complexity index is 1640. The van der Waals surface area contributed by atoms with Gasteiger partial charge >= 0.3 is 0 Å². The van der Waals surface area contributed by atoms with Crippen molar-refractivity contribution in [3.05, 3.63) is 147 Å². The van der Waals surface area contributed by atoms with E-state index in [2.05, 4.69) is 10.6 Å². The Labute approximate surface area is 242 Å². The molecule has 0 saturated heterocycles. The molecule has 0 saturated carbocycles. The van der Waals surface area contributed by atoms with Gasteiger partial charge in [0.05, 0.1) is 17.1 Å². The lowest BCUT2D eigenvalue weighted by Crippen LogP contribution is -2.30. The van der Waals surface area contributed by atoms with Gasteiger partial charge in [0.25, 0.3) is 17.5 Å². The van der Waals surface area contributed by atoms with Crippen LogP contribution in [0.25, 0.3) is 12.2 Å². The largest absolute Gasteiger partial charge is 0.494 e. The van der Waals surface area contributed by atoms with Crippen LogP contribution in [0, 0.1) is 10.1 Å². The fourth-order valence-corrected chi connectivity index (χ4v) is 3.90. The minimum Gasteiger partial charge on any atom is -0.494 e. The number of amides is 2. The first kappa shape index (κ1) is 29.2. The Morgan fingerprint density at radius 1 is 0.833 bits per heavy atom. The molecule has 0 unspecified atom stereocenters. The number of allylic oxidation sites excluding steroid dienone is 1. The number of hydrogen-bond acceptors (Lipinski definition) is 6. The Morgan fingerprint density at radius 3 is 2.17 bits per heavy atom. The number of carbonyl (C=O) groups excluding carboxylic acids is 3. The molecule has 0 spiro atoms. The number of ketones is 1. The molecule has 0 fully saturated rings. The van der Waals surface area contributed by atoms with Gasteiger partial charge in [-0.1, -0.05) is 48.5 Å². The highest BCUT2D eigenvalue weighted by Gasteiger charge is 2.18. The highest BCUT2D eigenvalue weighted by atomic mass is 16.6. The van der Waals surface area contributed by atoms with Crippen LogP contribution in [-0.4, -0.2) is 29.1 Å². The molecule has 0 aliphatic heterocycles. The Balaban J connectivity index is 1.50. The molecule has 0 aliphatic rings. The summed E-state index contributed by atoms with van der Waals surface area (Å²) >= 11 is 0. The summed E-state index contributed by atoms with van der Waals surface area (Å²) in [5.41, 5.74) is 1.62. The van der Waals surface area contributed by atoms with Crippen molar-refractivity contribution < 1.29 is 24.0 Å². The van der Waals surface area contributed by atoms with Crippen molar-refractivity contribution in [2.45, 2.75) is 6.92 Å². The summed E-state index contributed by atoms with van der Waals surface area (Å²) in [5.74, 6) is -0.741. The van der Waals surface area contributed by atoms with E-state index in [9.17, 15) is 24.5 Å². The van der Waals surface area contributed by atoms with Gasteiger partial charge in [0.2, 0.25) is 0 Å². The van der Waals surface area contributed by atoms with Crippen molar-refractivity contribution in [1.82, 2.24) is 5.32 Å². The van der Waals surface area contributed by atoms with Gasteiger partial charge in [-0.3, -0.25) is 24.5 Å². The molecule has 4 aromatic rings. The molecular formula is C33H27N3O6. The van der Waals surface area contributed by atoms with Gasteiger partial charge < -0.3 is 15.4 Å². The van der Waals surface area contributed by atoms with Crippen LogP contribution in [0.4, 0.5) is 11.4 Å². The van der Waals surface area contributed by atoms with E-state index in [0.717, 1.165) is 11.3 Å². The van der Waals surface area contributed by atoms with Crippen molar-refractivity contribution in [2.24, 2.45) is 0 Å². The number of rotatable bonds is 11. The maximum atomic E-state index is 13.3. The number of para-hydroxylation sites is 1. The molecule has 0 aromatic heterocycles. The molecule has 2 amide bonds. The third-order valence-electron chi connectivity index (χ3n) is 6.01. The maximum absolute atomic E-state index is 13.3. The van der Waals surface area contributed by atoms with Crippen LogP contribution in [0.5, 0.6) is 5.75 Å². The summed E-state index contributed by atoms with van der Waals surface area (Å²) < 4.78 is 5.42. The quantitative estimate of drug-likeness (QED) is 0.0958. The molecule has 2 N–H and O–H groups in total. The fourth-order valence-electron chi connectivity index (χ4n) is 3.90. The molecule has 9 nitrogen and oxygen atoms in total. The molecule has 4 aromatic carbocycles. The van der Waals surface area contributed by atoms with Gasteiger partial charge in [-0.25, -0.2) is 0 Å². The number of nitro benzene ring substituents is 1. The smallest absolute Gasteiger partial charge is 0.276 e. The summed E-state index contributed by atoms with van der Waals surface area (Å²) in [4.78, 5) is 49.7. The normalized spacial score (nSPS) is 11.1. The van der Waals surface area contributed by atoms with E-state index < -0.39 is 16.7 Å². The lowest BCUT2D eigenvalue weighted by Gasteiger charge is -2.12. The molecule has 9 heteroatoms. The molecule has 0 heterocycles. The number of nitrogens with one attached hydrogen (secondary N) is 2. The molecule has 4 rings (SSSR count). The van der Waals surface area contributed by atoms with Crippen molar-refractivity contribution in [2.75, 3.05) is 11.9 Å². The highest BCUT2D eigenvalue weighted by molar-refractivity contribution is 6.11. The second-order valence-electron chi connectivity index (χ2n) is 8.93. The minimum atomic E-state index is -0.702. The van der Waals surface area contributed by atoms with Crippen LogP contribution in [0.15, 0.2) is 115 Å². The number of nitrogens with zero attached hydrogens (tertiary/aromatic N) is 1. The average molecular weight is 562 g/mol. The highest BCUT2D eigenvalue weighted by Crippen LogP contribution is 2.21. The first-order valence-electron chi connectivity index (χ1n) is 13.0. The van der Waals surface area contributed by atoms with Crippen LogP contribution in [0.1, 0.15) is 38.8 Å². The predicted octanol–water partition coefficient (Wildman–Crippen LogP) is 6.30. The van der Waals surface area contributed by atoms with Crippen molar-refractivity contribution in [3.8, 4) is 5.75 Å². The zero-order valence-corrected chi connectivity index (χ0v) is 22.7. The summed E-state index contributed by atoms with van der Waals surface area (Å²) in [6.45, 7) is 2.47. The maximum Gasteiger partial charge on any atom is 0.276 e. The molecule has 210 valence electrons. The van der Waals surface area contributed by atoms with Crippen molar-refractivity contribution in [1.29, 1.82) is 0 Å². The Hall–Kier alpha value is -5.83. The van der Waals surface area contributed by atoms with E-state index in [1.165, 1.54) is 30.4 Å². The van der Waals surface area contributed by atoms with E-state index in [1.807, 2.05) is 31.2 Å². The molecule has 0 atom stereocenters. The van der Waals surface area contributed by atoms with Crippen LogP contribution in [0.3, 0.4) is 0 Å². The first-order valence-corrected chi connectivity index (χ1v) is 13.0. The van der Waals surface area contributed by atoms with Gasteiger partial charge in [-0.15, -0.1) is 0 Å². The summed E-state index contributed by atoms with van der Waals surface area (Å²) in [6, 6.07) is 27.7. The van der Waals surface area contributed by atoms with Gasteiger partial charge in [0, 0.05) is 22.9 Å². The van der Waals surface area contributed by atoms with Gasteiger partial charge in [0.1, 0.15) is 11.4 Å². The number of carbonyl (C=O) groups is 3. The molecule has 0 radical (unpaired) electrons. The van der Waals surface area contributed by atoms with E-state index in [-0.39, 0.29) is 22.7 Å². The molecule has 0 bridgehead atoms. The van der Waals surface area contributed by atoms with E-state index in [0.29, 0.717) is 23.4 Å². The van der Waals surface area contributed by atoms with E-state index >= 15 is 0 Å². The molecular weight excluding hydrogens is 534 g/mol. The number of anilines is 1. The topological polar surface area (TPSA) is 128 Å². The second-order valence-corrected chi connectivity index (χ2v) is 8.93.